The average molecular weight is 170 g/mol. The predicted molar refractivity (Wildman–Crippen MR) is 45.7 cm³/mol. The third kappa shape index (κ3) is 8.88. The molecule has 0 aromatic carbocycles. The molecule has 0 aliphatic carbocycles. The molecule has 68 valence electrons. The average Bonchev–Trinajstić information content (AvgIpc) is 2.02. The SMILES string of the molecule is CC(=O)OCCCC/C=C\C=O. The number of esters is 1. The van der Waals surface area contributed by atoms with Gasteiger partial charge in [0.2, 0.25) is 0 Å². The summed E-state index contributed by atoms with van der Waals surface area (Å²) in [6.07, 6.45) is 6.69. The molecule has 0 amide bonds. The molecule has 0 saturated heterocycles. The van der Waals surface area contributed by atoms with Crippen molar-refractivity contribution in [3.8, 4) is 0 Å². The van der Waals surface area contributed by atoms with E-state index < -0.39 is 0 Å². The second-order valence-electron chi connectivity index (χ2n) is 2.40. The van der Waals surface area contributed by atoms with E-state index in [0.29, 0.717) is 6.61 Å². The number of unbranched alkanes of at least 4 members (excludes halogenated alkanes) is 2. The Labute approximate surface area is 72.4 Å². The molecule has 0 unspecified atom stereocenters. The van der Waals surface area contributed by atoms with Gasteiger partial charge in [0.05, 0.1) is 6.61 Å². The van der Waals surface area contributed by atoms with Gasteiger partial charge in [-0.25, -0.2) is 0 Å². The summed E-state index contributed by atoms with van der Waals surface area (Å²) in [5.41, 5.74) is 0. The number of hydrogen-bond acceptors (Lipinski definition) is 3. The number of aldehydes is 1. The Hall–Kier alpha value is -1.12. The predicted octanol–water partition coefficient (Wildman–Crippen LogP) is 1.47. The molecule has 0 N–H and O–H groups in total. The minimum absolute atomic E-state index is 0.238. The van der Waals surface area contributed by atoms with E-state index in [1.54, 1.807) is 6.08 Å². The van der Waals surface area contributed by atoms with Gasteiger partial charge in [-0.05, 0) is 25.3 Å². The van der Waals surface area contributed by atoms with Crippen molar-refractivity contribution in [1.29, 1.82) is 0 Å². The number of rotatable bonds is 6. The largest absolute Gasteiger partial charge is 0.466 e. The van der Waals surface area contributed by atoms with Gasteiger partial charge in [-0.15, -0.1) is 0 Å². The van der Waals surface area contributed by atoms with E-state index in [9.17, 15) is 9.59 Å². The van der Waals surface area contributed by atoms with Crippen LogP contribution >= 0.6 is 0 Å². The van der Waals surface area contributed by atoms with Crippen LogP contribution in [0, 0.1) is 0 Å². The van der Waals surface area contributed by atoms with Gasteiger partial charge in [0.25, 0.3) is 0 Å². The van der Waals surface area contributed by atoms with Crippen LogP contribution in [0.1, 0.15) is 26.2 Å². The Morgan fingerprint density at radius 2 is 2.17 bits per heavy atom. The lowest BCUT2D eigenvalue weighted by Gasteiger charge is -1.98. The highest BCUT2D eigenvalue weighted by molar-refractivity contribution is 5.65. The first-order chi connectivity index (χ1) is 5.77. The molecule has 0 atom stereocenters. The molecule has 12 heavy (non-hydrogen) atoms. The van der Waals surface area contributed by atoms with E-state index in [1.807, 2.05) is 0 Å². The minimum Gasteiger partial charge on any atom is -0.466 e. The van der Waals surface area contributed by atoms with Crippen LogP contribution in [0.4, 0.5) is 0 Å². The molecular weight excluding hydrogens is 156 g/mol. The van der Waals surface area contributed by atoms with Crippen LogP contribution < -0.4 is 0 Å². The highest BCUT2D eigenvalue weighted by atomic mass is 16.5. The first-order valence-electron chi connectivity index (χ1n) is 4.01. The zero-order valence-electron chi connectivity index (χ0n) is 7.29. The Balaban J connectivity index is 3.05. The number of carbonyl (C=O) groups excluding carboxylic acids is 2. The van der Waals surface area contributed by atoms with E-state index in [1.165, 1.54) is 13.0 Å². The van der Waals surface area contributed by atoms with Crippen LogP contribution in [0.2, 0.25) is 0 Å². The summed E-state index contributed by atoms with van der Waals surface area (Å²) in [7, 11) is 0. The second kappa shape index (κ2) is 7.98. The molecule has 0 saturated carbocycles. The van der Waals surface area contributed by atoms with Crippen molar-refractivity contribution >= 4 is 12.3 Å². The lowest BCUT2D eigenvalue weighted by molar-refractivity contribution is -0.141. The third-order valence-corrected chi connectivity index (χ3v) is 1.29. The van der Waals surface area contributed by atoms with Crippen molar-refractivity contribution in [2.75, 3.05) is 6.61 Å². The summed E-state index contributed by atoms with van der Waals surface area (Å²) >= 11 is 0. The second-order valence-corrected chi connectivity index (χ2v) is 2.40. The van der Waals surface area contributed by atoms with Gasteiger partial charge in [-0.3, -0.25) is 9.59 Å². The fraction of sp³-hybridized carbons (Fsp3) is 0.556. The molecule has 3 nitrogen and oxygen atoms in total. The van der Waals surface area contributed by atoms with Crippen LogP contribution in [0.3, 0.4) is 0 Å². The molecule has 0 fully saturated rings. The highest BCUT2D eigenvalue weighted by Gasteiger charge is 1.90. The molecule has 0 aliphatic rings. The maximum atomic E-state index is 10.3. The Morgan fingerprint density at radius 3 is 2.75 bits per heavy atom. The normalized spacial score (nSPS) is 10.1. The number of allylic oxidation sites excluding steroid dienone is 2. The molecule has 0 heterocycles. The molecule has 0 radical (unpaired) electrons. The van der Waals surface area contributed by atoms with Crippen molar-refractivity contribution < 1.29 is 14.3 Å². The van der Waals surface area contributed by atoms with Crippen LogP contribution in [0.15, 0.2) is 12.2 Å². The standard InChI is InChI=1S/C9H14O3/c1-9(11)12-8-6-4-2-3-5-7-10/h3,5,7H,2,4,6,8H2,1H3/b5-3-. The maximum Gasteiger partial charge on any atom is 0.302 e. The maximum absolute atomic E-state index is 10.3. The van der Waals surface area contributed by atoms with E-state index in [0.717, 1.165) is 25.5 Å². The number of ether oxygens (including phenoxy) is 1. The van der Waals surface area contributed by atoms with Crippen molar-refractivity contribution in [2.45, 2.75) is 26.2 Å². The summed E-state index contributed by atoms with van der Waals surface area (Å²) in [4.78, 5) is 20.1. The van der Waals surface area contributed by atoms with Crippen LogP contribution in [0.5, 0.6) is 0 Å². The van der Waals surface area contributed by atoms with Crippen LogP contribution in [0.25, 0.3) is 0 Å². The van der Waals surface area contributed by atoms with Gasteiger partial charge in [0.15, 0.2) is 0 Å². The molecule has 3 heteroatoms. The smallest absolute Gasteiger partial charge is 0.302 e. The van der Waals surface area contributed by atoms with Crippen LogP contribution in [-0.4, -0.2) is 18.9 Å². The summed E-state index contributed by atoms with van der Waals surface area (Å²) in [5.74, 6) is -0.238. The Morgan fingerprint density at radius 1 is 1.42 bits per heavy atom. The van der Waals surface area contributed by atoms with Gasteiger partial charge in [0, 0.05) is 6.92 Å². The summed E-state index contributed by atoms with van der Waals surface area (Å²) in [6.45, 7) is 1.87. The monoisotopic (exact) mass is 170 g/mol. The van der Waals surface area contributed by atoms with E-state index in [4.69, 9.17) is 4.74 Å². The Kier molecular flexibility index (Phi) is 7.24. The summed E-state index contributed by atoms with van der Waals surface area (Å²) in [6, 6.07) is 0. The first kappa shape index (κ1) is 10.9. The van der Waals surface area contributed by atoms with Gasteiger partial charge in [-0.2, -0.15) is 0 Å². The molecular formula is C9H14O3. The molecule has 0 aromatic heterocycles. The van der Waals surface area contributed by atoms with Gasteiger partial charge >= 0.3 is 5.97 Å². The summed E-state index contributed by atoms with van der Waals surface area (Å²) in [5, 5.41) is 0. The molecule has 0 aromatic rings. The van der Waals surface area contributed by atoms with E-state index >= 15 is 0 Å². The van der Waals surface area contributed by atoms with Crippen molar-refractivity contribution in [1.82, 2.24) is 0 Å². The lowest BCUT2D eigenvalue weighted by atomic mass is 10.2. The Bertz CT molecular complexity index is 161. The molecule has 0 aliphatic heterocycles. The molecule has 0 bridgehead atoms. The zero-order valence-corrected chi connectivity index (χ0v) is 7.29. The highest BCUT2D eigenvalue weighted by Crippen LogP contribution is 1.96. The minimum atomic E-state index is -0.238. The van der Waals surface area contributed by atoms with Gasteiger partial charge < -0.3 is 4.74 Å². The van der Waals surface area contributed by atoms with Gasteiger partial charge in [0.1, 0.15) is 6.29 Å². The fourth-order valence-electron chi connectivity index (χ4n) is 0.732. The number of hydrogen-bond donors (Lipinski definition) is 0. The lowest BCUT2D eigenvalue weighted by Crippen LogP contribution is -1.99. The van der Waals surface area contributed by atoms with Crippen molar-refractivity contribution in [3.63, 3.8) is 0 Å². The fourth-order valence-corrected chi connectivity index (χ4v) is 0.732. The topological polar surface area (TPSA) is 43.4 Å². The quantitative estimate of drug-likeness (QED) is 0.262. The number of carbonyl (C=O) groups is 2. The van der Waals surface area contributed by atoms with E-state index in [-0.39, 0.29) is 5.97 Å². The molecule has 0 rings (SSSR count). The zero-order chi connectivity index (χ0) is 9.23. The van der Waals surface area contributed by atoms with Gasteiger partial charge in [-0.1, -0.05) is 6.08 Å². The van der Waals surface area contributed by atoms with Crippen LogP contribution in [-0.2, 0) is 14.3 Å². The van der Waals surface area contributed by atoms with Crippen molar-refractivity contribution in [3.05, 3.63) is 12.2 Å². The molecule has 0 spiro atoms. The van der Waals surface area contributed by atoms with E-state index in [2.05, 4.69) is 0 Å². The third-order valence-electron chi connectivity index (χ3n) is 1.29. The first-order valence-corrected chi connectivity index (χ1v) is 4.01. The summed E-state index contributed by atoms with van der Waals surface area (Å²) < 4.78 is 4.72. The van der Waals surface area contributed by atoms with Crippen molar-refractivity contribution in [2.24, 2.45) is 0 Å².